The number of nitrogens with zero attached hydrogens (tertiary/aromatic N) is 1. The number of likely N-dealkylation sites (tertiary alicyclic amines) is 1. The molecule has 1 atom stereocenters. The van der Waals surface area contributed by atoms with Crippen LogP contribution in [0.2, 0.25) is 0 Å². The van der Waals surface area contributed by atoms with Gasteiger partial charge >= 0.3 is 0 Å². The topological polar surface area (TPSA) is 49.4 Å². The predicted molar refractivity (Wildman–Crippen MR) is 79.5 cm³/mol. The average molecular weight is 274 g/mol. The molecule has 1 saturated heterocycles. The molecule has 1 aromatic rings. The zero-order valence-corrected chi connectivity index (χ0v) is 12.6. The number of hydrogen-bond donors (Lipinski definition) is 1. The van der Waals surface area contributed by atoms with E-state index in [4.69, 9.17) is 0 Å². The van der Waals surface area contributed by atoms with Gasteiger partial charge < -0.3 is 10.2 Å². The molecular weight excluding hydrogens is 252 g/mol. The minimum Gasteiger partial charge on any atom is -0.339 e. The van der Waals surface area contributed by atoms with Crippen LogP contribution in [0.3, 0.4) is 0 Å². The maximum atomic E-state index is 12.3. The molecule has 108 valence electrons. The van der Waals surface area contributed by atoms with Crippen molar-refractivity contribution in [2.24, 2.45) is 5.92 Å². The van der Waals surface area contributed by atoms with Crippen molar-refractivity contribution < 1.29 is 9.59 Å². The van der Waals surface area contributed by atoms with Gasteiger partial charge in [0.2, 0.25) is 11.8 Å². The quantitative estimate of drug-likeness (QED) is 0.920. The van der Waals surface area contributed by atoms with Crippen LogP contribution < -0.4 is 5.32 Å². The fraction of sp³-hybridized carbons (Fsp3) is 0.500. The maximum Gasteiger partial charge on any atom is 0.229 e. The molecule has 1 N–H and O–H groups in total. The molecule has 0 radical (unpaired) electrons. The first-order chi connectivity index (χ1) is 9.40. The Labute approximate surface area is 120 Å². The van der Waals surface area contributed by atoms with Gasteiger partial charge in [-0.05, 0) is 38.8 Å². The Morgan fingerprint density at radius 2 is 1.90 bits per heavy atom. The second-order valence-electron chi connectivity index (χ2n) is 5.80. The van der Waals surface area contributed by atoms with Crippen molar-refractivity contribution in [2.45, 2.75) is 40.2 Å². The van der Waals surface area contributed by atoms with Crippen molar-refractivity contribution >= 4 is 17.5 Å². The second-order valence-corrected chi connectivity index (χ2v) is 5.80. The number of amides is 2. The highest BCUT2D eigenvalue weighted by molar-refractivity contribution is 5.98. The Hall–Kier alpha value is -1.84. The van der Waals surface area contributed by atoms with Gasteiger partial charge in [0, 0.05) is 24.7 Å². The third kappa shape index (κ3) is 2.84. The second kappa shape index (κ2) is 5.65. The van der Waals surface area contributed by atoms with Gasteiger partial charge in [-0.15, -0.1) is 0 Å². The SMILES string of the molecule is Cc1cccc(C)c1NC(=O)[C@H]1CC(=O)N(C(C)C)C1. The van der Waals surface area contributed by atoms with Crippen LogP contribution >= 0.6 is 0 Å². The highest BCUT2D eigenvalue weighted by atomic mass is 16.2. The summed E-state index contributed by atoms with van der Waals surface area (Å²) in [5, 5.41) is 2.98. The Morgan fingerprint density at radius 3 is 2.40 bits per heavy atom. The van der Waals surface area contributed by atoms with E-state index < -0.39 is 0 Å². The standard InChI is InChI=1S/C16H22N2O2/c1-10(2)18-9-13(8-14(18)19)16(20)17-15-11(3)6-5-7-12(15)4/h5-7,10,13H,8-9H2,1-4H3,(H,17,20)/t13-/m0/s1. The average Bonchev–Trinajstić information content (AvgIpc) is 2.76. The van der Waals surface area contributed by atoms with Crippen molar-refractivity contribution in [3.63, 3.8) is 0 Å². The van der Waals surface area contributed by atoms with E-state index in [0.29, 0.717) is 13.0 Å². The van der Waals surface area contributed by atoms with E-state index in [0.717, 1.165) is 16.8 Å². The van der Waals surface area contributed by atoms with Crippen molar-refractivity contribution in [2.75, 3.05) is 11.9 Å². The third-order valence-electron chi connectivity index (χ3n) is 3.88. The lowest BCUT2D eigenvalue weighted by molar-refractivity contribution is -0.129. The molecule has 0 bridgehead atoms. The van der Waals surface area contributed by atoms with Gasteiger partial charge in [-0.25, -0.2) is 0 Å². The summed E-state index contributed by atoms with van der Waals surface area (Å²) in [5.74, 6) is -0.232. The van der Waals surface area contributed by atoms with Gasteiger partial charge in [0.25, 0.3) is 0 Å². The van der Waals surface area contributed by atoms with E-state index in [2.05, 4.69) is 5.32 Å². The van der Waals surface area contributed by atoms with Crippen LogP contribution in [0.15, 0.2) is 18.2 Å². The molecule has 0 aromatic heterocycles. The molecular formula is C16H22N2O2. The molecule has 4 heteroatoms. The van der Waals surface area contributed by atoms with Gasteiger partial charge in [-0.2, -0.15) is 0 Å². The summed E-state index contributed by atoms with van der Waals surface area (Å²) in [6.45, 7) is 8.42. The van der Waals surface area contributed by atoms with E-state index in [1.807, 2.05) is 45.9 Å². The summed E-state index contributed by atoms with van der Waals surface area (Å²) in [6, 6.07) is 6.08. The Bertz CT molecular complexity index is 517. The number of aryl methyl sites for hydroxylation is 2. The van der Waals surface area contributed by atoms with Crippen LogP contribution in [0, 0.1) is 19.8 Å². The highest BCUT2D eigenvalue weighted by Gasteiger charge is 2.35. The van der Waals surface area contributed by atoms with E-state index in [1.165, 1.54) is 0 Å². The Balaban J connectivity index is 2.09. The summed E-state index contributed by atoms with van der Waals surface area (Å²) >= 11 is 0. The fourth-order valence-corrected chi connectivity index (χ4v) is 2.64. The summed E-state index contributed by atoms with van der Waals surface area (Å²) in [6.07, 6.45) is 0.314. The van der Waals surface area contributed by atoms with E-state index in [9.17, 15) is 9.59 Å². The van der Waals surface area contributed by atoms with Crippen molar-refractivity contribution in [1.29, 1.82) is 0 Å². The number of anilines is 1. The van der Waals surface area contributed by atoms with Gasteiger partial charge in [0.1, 0.15) is 0 Å². The first kappa shape index (κ1) is 14.6. The molecule has 0 saturated carbocycles. The molecule has 1 fully saturated rings. The van der Waals surface area contributed by atoms with E-state index in [-0.39, 0.29) is 23.8 Å². The molecule has 0 unspecified atom stereocenters. The molecule has 2 amide bonds. The first-order valence-electron chi connectivity index (χ1n) is 7.06. The lowest BCUT2D eigenvalue weighted by Gasteiger charge is -2.21. The molecule has 20 heavy (non-hydrogen) atoms. The van der Waals surface area contributed by atoms with E-state index >= 15 is 0 Å². The monoisotopic (exact) mass is 274 g/mol. The Morgan fingerprint density at radius 1 is 1.30 bits per heavy atom. The van der Waals surface area contributed by atoms with Crippen LogP contribution in [0.4, 0.5) is 5.69 Å². The largest absolute Gasteiger partial charge is 0.339 e. The molecule has 0 aliphatic carbocycles. The highest BCUT2D eigenvalue weighted by Crippen LogP contribution is 2.24. The molecule has 1 aromatic carbocycles. The number of nitrogens with one attached hydrogen (secondary N) is 1. The number of rotatable bonds is 3. The predicted octanol–water partition coefficient (Wildman–Crippen LogP) is 2.50. The normalized spacial score (nSPS) is 18.8. The van der Waals surface area contributed by atoms with Crippen LogP contribution in [0.5, 0.6) is 0 Å². The fourth-order valence-electron chi connectivity index (χ4n) is 2.64. The summed E-state index contributed by atoms with van der Waals surface area (Å²) in [5.41, 5.74) is 2.96. The zero-order chi connectivity index (χ0) is 14.9. The minimum atomic E-state index is -0.246. The summed E-state index contributed by atoms with van der Waals surface area (Å²) in [7, 11) is 0. The summed E-state index contributed by atoms with van der Waals surface area (Å²) < 4.78 is 0. The molecule has 0 spiro atoms. The van der Waals surface area contributed by atoms with Gasteiger partial charge in [0.05, 0.1) is 5.92 Å². The summed E-state index contributed by atoms with van der Waals surface area (Å²) in [4.78, 5) is 26.0. The van der Waals surface area contributed by atoms with Gasteiger partial charge in [-0.1, -0.05) is 18.2 Å². The Kier molecular flexibility index (Phi) is 4.12. The number of carbonyl (C=O) groups is 2. The zero-order valence-electron chi connectivity index (χ0n) is 12.6. The number of para-hydroxylation sites is 1. The van der Waals surface area contributed by atoms with Crippen molar-refractivity contribution in [1.82, 2.24) is 4.90 Å². The molecule has 1 aliphatic rings. The minimum absolute atomic E-state index is 0.0566. The maximum absolute atomic E-state index is 12.3. The van der Waals surface area contributed by atoms with E-state index in [1.54, 1.807) is 4.90 Å². The lowest BCUT2D eigenvalue weighted by atomic mass is 10.1. The smallest absolute Gasteiger partial charge is 0.229 e. The van der Waals surface area contributed by atoms with Crippen LogP contribution in [-0.2, 0) is 9.59 Å². The molecule has 2 rings (SSSR count). The van der Waals surface area contributed by atoms with Gasteiger partial charge in [-0.3, -0.25) is 9.59 Å². The first-order valence-corrected chi connectivity index (χ1v) is 7.06. The van der Waals surface area contributed by atoms with Crippen LogP contribution in [0.1, 0.15) is 31.4 Å². The molecule has 1 aliphatic heterocycles. The number of carbonyl (C=O) groups excluding carboxylic acids is 2. The number of hydrogen-bond acceptors (Lipinski definition) is 2. The molecule has 1 heterocycles. The molecule has 4 nitrogen and oxygen atoms in total. The van der Waals surface area contributed by atoms with Crippen LogP contribution in [0.25, 0.3) is 0 Å². The number of benzene rings is 1. The van der Waals surface area contributed by atoms with Gasteiger partial charge in [0.15, 0.2) is 0 Å². The van der Waals surface area contributed by atoms with Crippen LogP contribution in [-0.4, -0.2) is 29.3 Å². The third-order valence-corrected chi connectivity index (χ3v) is 3.88. The van der Waals surface area contributed by atoms with Crippen molar-refractivity contribution in [3.05, 3.63) is 29.3 Å². The lowest BCUT2D eigenvalue weighted by Crippen LogP contribution is -2.33. The van der Waals surface area contributed by atoms with Crippen molar-refractivity contribution in [3.8, 4) is 0 Å².